The summed E-state index contributed by atoms with van der Waals surface area (Å²) >= 11 is 0. The van der Waals surface area contributed by atoms with Crippen LogP contribution in [0, 0.1) is 6.92 Å². The van der Waals surface area contributed by atoms with Gasteiger partial charge in [0.2, 0.25) is 5.95 Å². The molecule has 1 heterocycles. The molecule has 0 fully saturated rings. The fourth-order valence-corrected chi connectivity index (χ4v) is 1.61. The number of likely N-dealkylation sites (N-methyl/N-ethyl adjacent to an activating group) is 1. The first-order valence-corrected chi connectivity index (χ1v) is 6.07. The standard InChI is InChI=1S/C14H18N4/c1-11-3-5-12(6-4-11)13-9-17-14(18-10-13)16-8-7-15-2/h3-6,9-10,15H,7-8H2,1-2H3,(H,16,17,18). The van der Waals surface area contributed by atoms with Crippen molar-refractivity contribution in [2.24, 2.45) is 0 Å². The van der Waals surface area contributed by atoms with Gasteiger partial charge in [-0.1, -0.05) is 29.8 Å². The molecule has 0 unspecified atom stereocenters. The Morgan fingerprint density at radius 2 is 1.61 bits per heavy atom. The molecule has 0 aliphatic carbocycles. The van der Waals surface area contributed by atoms with E-state index in [4.69, 9.17) is 0 Å². The molecule has 1 aromatic heterocycles. The molecule has 2 rings (SSSR count). The Bertz CT molecular complexity index is 476. The number of benzene rings is 1. The number of aryl methyl sites for hydroxylation is 1. The van der Waals surface area contributed by atoms with Gasteiger partial charge in [0.25, 0.3) is 0 Å². The van der Waals surface area contributed by atoms with E-state index >= 15 is 0 Å². The SMILES string of the molecule is CNCCNc1ncc(-c2ccc(C)cc2)cn1. The molecule has 1 aromatic carbocycles. The van der Waals surface area contributed by atoms with Gasteiger partial charge in [-0.2, -0.15) is 0 Å². The highest BCUT2D eigenvalue weighted by Crippen LogP contribution is 2.18. The van der Waals surface area contributed by atoms with Gasteiger partial charge in [-0.05, 0) is 19.5 Å². The van der Waals surface area contributed by atoms with E-state index in [-0.39, 0.29) is 0 Å². The Kier molecular flexibility index (Phi) is 4.25. The second kappa shape index (κ2) is 6.12. The number of aromatic nitrogens is 2. The lowest BCUT2D eigenvalue weighted by molar-refractivity contribution is 0.817. The molecule has 0 saturated carbocycles. The van der Waals surface area contributed by atoms with Crippen molar-refractivity contribution < 1.29 is 0 Å². The van der Waals surface area contributed by atoms with E-state index in [0.717, 1.165) is 24.2 Å². The summed E-state index contributed by atoms with van der Waals surface area (Å²) in [6.45, 7) is 3.79. The van der Waals surface area contributed by atoms with Gasteiger partial charge in [-0.3, -0.25) is 0 Å². The maximum Gasteiger partial charge on any atom is 0.222 e. The Morgan fingerprint density at radius 3 is 2.22 bits per heavy atom. The van der Waals surface area contributed by atoms with Gasteiger partial charge >= 0.3 is 0 Å². The van der Waals surface area contributed by atoms with Crippen LogP contribution in [0.25, 0.3) is 11.1 Å². The quantitative estimate of drug-likeness (QED) is 0.788. The summed E-state index contributed by atoms with van der Waals surface area (Å²) in [5.41, 5.74) is 3.43. The largest absolute Gasteiger partial charge is 0.353 e. The third-order valence-electron chi connectivity index (χ3n) is 2.69. The maximum absolute atomic E-state index is 4.30. The highest BCUT2D eigenvalue weighted by atomic mass is 15.1. The van der Waals surface area contributed by atoms with Crippen LogP contribution < -0.4 is 10.6 Å². The van der Waals surface area contributed by atoms with Gasteiger partial charge in [-0.25, -0.2) is 9.97 Å². The van der Waals surface area contributed by atoms with Gasteiger partial charge in [-0.15, -0.1) is 0 Å². The molecule has 4 heteroatoms. The number of hydrogen-bond donors (Lipinski definition) is 2. The predicted molar refractivity (Wildman–Crippen MR) is 74.6 cm³/mol. The van der Waals surface area contributed by atoms with Crippen LogP contribution in [-0.2, 0) is 0 Å². The van der Waals surface area contributed by atoms with Crippen LogP contribution in [0.1, 0.15) is 5.56 Å². The van der Waals surface area contributed by atoms with Gasteiger partial charge in [0.05, 0.1) is 0 Å². The van der Waals surface area contributed by atoms with Crippen molar-refractivity contribution in [1.82, 2.24) is 15.3 Å². The van der Waals surface area contributed by atoms with Crippen LogP contribution >= 0.6 is 0 Å². The van der Waals surface area contributed by atoms with E-state index < -0.39 is 0 Å². The van der Waals surface area contributed by atoms with Crippen LogP contribution in [0.2, 0.25) is 0 Å². The summed E-state index contributed by atoms with van der Waals surface area (Å²) < 4.78 is 0. The normalized spacial score (nSPS) is 10.3. The Hall–Kier alpha value is -1.94. The van der Waals surface area contributed by atoms with Gasteiger partial charge < -0.3 is 10.6 Å². The molecule has 2 aromatic rings. The molecule has 0 spiro atoms. The van der Waals surface area contributed by atoms with Crippen LogP contribution in [0.4, 0.5) is 5.95 Å². The van der Waals surface area contributed by atoms with Gasteiger partial charge in [0.1, 0.15) is 0 Å². The molecular formula is C14H18N4. The molecule has 18 heavy (non-hydrogen) atoms. The van der Waals surface area contributed by atoms with Crippen LogP contribution in [0.15, 0.2) is 36.7 Å². The van der Waals surface area contributed by atoms with Crippen molar-refractivity contribution in [2.45, 2.75) is 6.92 Å². The topological polar surface area (TPSA) is 49.8 Å². The lowest BCUT2D eigenvalue weighted by atomic mass is 10.1. The third-order valence-corrected chi connectivity index (χ3v) is 2.69. The monoisotopic (exact) mass is 242 g/mol. The van der Waals surface area contributed by atoms with Crippen LogP contribution in [0.5, 0.6) is 0 Å². The Morgan fingerprint density at radius 1 is 0.944 bits per heavy atom. The summed E-state index contributed by atoms with van der Waals surface area (Å²) in [6.07, 6.45) is 3.69. The highest BCUT2D eigenvalue weighted by molar-refractivity contribution is 5.62. The van der Waals surface area contributed by atoms with Crippen molar-refractivity contribution in [3.63, 3.8) is 0 Å². The molecule has 0 aliphatic heterocycles. The lowest BCUT2D eigenvalue weighted by Crippen LogP contribution is -2.18. The number of rotatable bonds is 5. The average Bonchev–Trinajstić information content (AvgIpc) is 2.41. The van der Waals surface area contributed by atoms with E-state index in [9.17, 15) is 0 Å². The molecular weight excluding hydrogens is 224 g/mol. The molecule has 0 amide bonds. The van der Waals surface area contributed by atoms with Crippen molar-refractivity contribution in [3.05, 3.63) is 42.2 Å². The Balaban J connectivity index is 2.05. The first kappa shape index (κ1) is 12.5. The minimum Gasteiger partial charge on any atom is -0.353 e. The van der Waals surface area contributed by atoms with E-state index in [1.165, 1.54) is 5.56 Å². The first-order valence-electron chi connectivity index (χ1n) is 6.07. The number of nitrogens with zero attached hydrogens (tertiary/aromatic N) is 2. The van der Waals surface area contributed by atoms with Crippen molar-refractivity contribution in [3.8, 4) is 11.1 Å². The predicted octanol–water partition coefficient (Wildman–Crippen LogP) is 2.08. The maximum atomic E-state index is 4.30. The van der Waals surface area contributed by atoms with E-state index in [2.05, 4.69) is 51.8 Å². The first-order chi connectivity index (χ1) is 8.79. The highest BCUT2D eigenvalue weighted by Gasteiger charge is 1.99. The minimum atomic E-state index is 0.668. The third kappa shape index (κ3) is 3.28. The fourth-order valence-electron chi connectivity index (χ4n) is 1.61. The van der Waals surface area contributed by atoms with Crippen molar-refractivity contribution in [1.29, 1.82) is 0 Å². The van der Waals surface area contributed by atoms with E-state index in [0.29, 0.717) is 5.95 Å². The lowest BCUT2D eigenvalue weighted by Gasteiger charge is -2.05. The van der Waals surface area contributed by atoms with Crippen molar-refractivity contribution in [2.75, 3.05) is 25.5 Å². The summed E-state index contributed by atoms with van der Waals surface area (Å²) in [4.78, 5) is 8.60. The second-order valence-electron chi connectivity index (χ2n) is 4.19. The number of nitrogens with one attached hydrogen (secondary N) is 2. The Labute approximate surface area is 107 Å². The molecule has 0 radical (unpaired) electrons. The smallest absolute Gasteiger partial charge is 0.222 e. The number of hydrogen-bond acceptors (Lipinski definition) is 4. The van der Waals surface area contributed by atoms with Crippen LogP contribution in [-0.4, -0.2) is 30.1 Å². The molecule has 0 aliphatic rings. The van der Waals surface area contributed by atoms with E-state index in [1.54, 1.807) is 0 Å². The molecule has 2 N–H and O–H groups in total. The second-order valence-corrected chi connectivity index (χ2v) is 4.19. The van der Waals surface area contributed by atoms with Gasteiger partial charge in [0.15, 0.2) is 0 Å². The zero-order valence-corrected chi connectivity index (χ0v) is 10.8. The average molecular weight is 242 g/mol. The minimum absolute atomic E-state index is 0.668. The zero-order chi connectivity index (χ0) is 12.8. The van der Waals surface area contributed by atoms with Crippen molar-refractivity contribution >= 4 is 5.95 Å². The zero-order valence-electron chi connectivity index (χ0n) is 10.8. The summed E-state index contributed by atoms with van der Waals surface area (Å²) in [5, 5.41) is 6.21. The van der Waals surface area contributed by atoms with E-state index in [1.807, 2.05) is 19.4 Å². The summed E-state index contributed by atoms with van der Waals surface area (Å²) in [6, 6.07) is 8.35. The fraction of sp³-hybridized carbons (Fsp3) is 0.286. The summed E-state index contributed by atoms with van der Waals surface area (Å²) in [5.74, 6) is 0.668. The molecule has 94 valence electrons. The molecule has 0 saturated heterocycles. The summed E-state index contributed by atoms with van der Waals surface area (Å²) in [7, 11) is 1.92. The molecule has 4 nitrogen and oxygen atoms in total. The molecule has 0 bridgehead atoms. The number of anilines is 1. The van der Waals surface area contributed by atoms with Crippen LogP contribution in [0.3, 0.4) is 0 Å². The van der Waals surface area contributed by atoms with Gasteiger partial charge in [0, 0.05) is 31.0 Å². The molecule has 0 atom stereocenters.